The van der Waals surface area contributed by atoms with Crippen molar-refractivity contribution in [3.05, 3.63) is 40.7 Å². The van der Waals surface area contributed by atoms with E-state index >= 15 is 0 Å². The quantitative estimate of drug-likeness (QED) is 0.852. The molecule has 0 atom stereocenters. The van der Waals surface area contributed by atoms with E-state index in [9.17, 15) is 4.39 Å². The Balaban J connectivity index is 2.13. The van der Waals surface area contributed by atoms with E-state index in [-0.39, 0.29) is 18.2 Å². The van der Waals surface area contributed by atoms with Crippen LogP contribution in [0.25, 0.3) is 0 Å². The molecule has 4 nitrogen and oxygen atoms in total. The molecule has 1 aromatic heterocycles. The number of nitrogens with zero attached hydrogens (tertiary/aromatic N) is 2. The second-order valence-electron chi connectivity index (χ2n) is 3.41. The summed E-state index contributed by atoms with van der Waals surface area (Å²) in [6.07, 6.45) is 0. The number of rotatable bonds is 4. The maximum atomic E-state index is 13.3. The van der Waals surface area contributed by atoms with E-state index in [4.69, 9.17) is 17.0 Å². The third-order valence-corrected chi connectivity index (χ3v) is 2.66. The SMILES string of the molecule is CCn1c(COc2ccccc2F)n[nH]c1=S. The number of ether oxygens (including phenoxy) is 1. The fraction of sp³-hybridized carbons (Fsp3) is 0.273. The van der Waals surface area contributed by atoms with Crippen LogP contribution >= 0.6 is 12.2 Å². The molecule has 0 spiro atoms. The largest absolute Gasteiger partial charge is 0.483 e. The first-order valence-electron chi connectivity index (χ1n) is 5.23. The lowest BCUT2D eigenvalue weighted by Gasteiger charge is -2.07. The van der Waals surface area contributed by atoms with Gasteiger partial charge in [-0.3, -0.25) is 5.10 Å². The molecule has 0 saturated carbocycles. The van der Waals surface area contributed by atoms with E-state index in [1.807, 2.05) is 6.92 Å². The molecule has 90 valence electrons. The predicted molar refractivity (Wildman–Crippen MR) is 63.8 cm³/mol. The second-order valence-corrected chi connectivity index (χ2v) is 3.80. The first kappa shape index (κ1) is 11.8. The highest BCUT2D eigenvalue weighted by atomic mass is 32.1. The summed E-state index contributed by atoms with van der Waals surface area (Å²) in [5, 5.41) is 6.71. The van der Waals surface area contributed by atoms with Crippen LogP contribution in [-0.4, -0.2) is 14.8 Å². The normalized spacial score (nSPS) is 10.5. The average molecular weight is 253 g/mol. The summed E-state index contributed by atoms with van der Waals surface area (Å²) >= 11 is 5.04. The van der Waals surface area contributed by atoms with Crippen molar-refractivity contribution in [2.45, 2.75) is 20.1 Å². The van der Waals surface area contributed by atoms with Crippen LogP contribution in [0.4, 0.5) is 4.39 Å². The molecule has 1 N–H and O–H groups in total. The summed E-state index contributed by atoms with van der Waals surface area (Å²) < 4.78 is 21.0. The van der Waals surface area contributed by atoms with Crippen molar-refractivity contribution in [1.29, 1.82) is 0 Å². The number of H-pyrrole nitrogens is 1. The Bertz CT molecular complexity index is 564. The van der Waals surface area contributed by atoms with E-state index in [1.165, 1.54) is 6.07 Å². The van der Waals surface area contributed by atoms with Gasteiger partial charge in [0.05, 0.1) is 0 Å². The molecule has 0 aliphatic rings. The number of hydrogen-bond acceptors (Lipinski definition) is 3. The van der Waals surface area contributed by atoms with Crippen molar-refractivity contribution in [2.75, 3.05) is 0 Å². The van der Waals surface area contributed by atoms with Crippen molar-refractivity contribution >= 4 is 12.2 Å². The Morgan fingerprint density at radius 1 is 1.47 bits per heavy atom. The molecule has 1 heterocycles. The highest BCUT2D eigenvalue weighted by Crippen LogP contribution is 2.16. The molecule has 1 aromatic carbocycles. The number of nitrogens with one attached hydrogen (secondary N) is 1. The molecule has 17 heavy (non-hydrogen) atoms. The van der Waals surface area contributed by atoms with Gasteiger partial charge >= 0.3 is 0 Å². The van der Waals surface area contributed by atoms with Crippen LogP contribution in [0, 0.1) is 10.6 Å². The van der Waals surface area contributed by atoms with Gasteiger partial charge < -0.3 is 9.30 Å². The lowest BCUT2D eigenvalue weighted by Crippen LogP contribution is -2.06. The molecule has 6 heteroatoms. The lowest BCUT2D eigenvalue weighted by molar-refractivity contribution is 0.275. The predicted octanol–water partition coefficient (Wildman–Crippen LogP) is 2.68. The van der Waals surface area contributed by atoms with Crippen molar-refractivity contribution in [3.8, 4) is 5.75 Å². The molecule has 2 rings (SSSR count). The first-order chi connectivity index (χ1) is 8.22. The Morgan fingerprint density at radius 2 is 2.24 bits per heavy atom. The zero-order valence-corrected chi connectivity index (χ0v) is 10.1. The van der Waals surface area contributed by atoms with Gasteiger partial charge in [0.15, 0.2) is 22.2 Å². The number of aromatic amines is 1. The minimum atomic E-state index is -0.385. The second kappa shape index (κ2) is 5.09. The van der Waals surface area contributed by atoms with Crippen LogP contribution in [0.2, 0.25) is 0 Å². The van der Waals surface area contributed by atoms with Gasteiger partial charge in [0.25, 0.3) is 0 Å². The lowest BCUT2D eigenvalue weighted by atomic mass is 10.3. The monoisotopic (exact) mass is 253 g/mol. The minimum absolute atomic E-state index is 0.182. The summed E-state index contributed by atoms with van der Waals surface area (Å²) in [5.41, 5.74) is 0. The van der Waals surface area contributed by atoms with Gasteiger partial charge in [-0.1, -0.05) is 12.1 Å². The van der Waals surface area contributed by atoms with E-state index in [1.54, 1.807) is 22.8 Å². The highest BCUT2D eigenvalue weighted by molar-refractivity contribution is 7.71. The number of hydrogen-bond donors (Lipinski definition) is 1. The molecule has 0 aliphatic carbocycles. The van der Waals surface area contributed by atoms with Gasteiger partial charge in [0.1, 0.15) is 6.61 Å². The Morgan fingerprint density at radius 3 is 2.94 bits per heavy atom. The molecule has 0 aliphatic heterocycles. The van der Waals surface area contributed by atoms with Crippen LogP contribution in [0.1, 0.15) is 12.7 Å². The molecule has 0 unspecified atom stereocenters. The highest BCUT2D eigenvalue weighted by Gasteiger charge is 2.07. The summed E-state index contributed by atoms with van der Waals surface area (Å²) in [7, 11) is 0. The van der Waals surface area contributed by atoms with Gasteiger partial charge in [-0.25, -0.2) is 4.39 Å². The molecular formula is C11H12FN3OS. The van der Waals surface area contributed by atoms with E-state index in [2.05, 4.69) is 10.2 Å². The molecule has 2 aromatic rings. The Hall–Kier alpha value is -1.69. The zero-order valence-electron chi connectivity index (χ0n) is 9.31. The summed E-state index contributed by atoms with van der Waals surface area (Å²) in [6, 6.07) is 6.26. The molecule has 0 bridgehead atoms. The molecule has 0 amide bonds. The van der Waals surface area contributed by atoms with Crippen LogP contribution in [-0.2, 0) is 13.2 Å². The Labute approximate surface area is 103 Å². The van der Waals surface area contributed by atoms with Crippen molar-refractivity contribution < 1.29 is 9.13 Å². The van der Waals surface area contributed by atoms with Crippen LogP contribution in [0.5, 0.6) is 5.75 Å². The van der Waals surface area contributed by atoms with Crippen molar-refractivity contribution in [1.82, 2.24) is 14.8 Å². The van der Waals surface area contributed by atoms with Gasteiger partial charge in [-0.2, -0.15) is 5.10 Å². The summed E-state index contributed by atoms with van der Waals surface area (Å²) in [5.74, 6) is 0.481. The summed E-state index contributed by atoms with van der Waals surface area (Å²) in [6.45, 7) is 2.84. The molecule has 0 saturated heterocycles. The van der Waals surface area contributed by atoms with Crippen LogP contribution in [0.3, 0.4) is 0 Å². The van der Waals surface area contributed by atoms with Crippen LogP contribution < -0.4 is 4.74 Å². The zero-order chi connectivity index (χ0) is 12.3. The number of para-hydroxylation sites is 1. The van der Waals surface area contributed by atoms with E-state index in [0.29, 0.717) is 17.1 Å². The average Bonchev–Trinajstić information content (AvgIpc) is 2.69. The van der Waals surface area contributed by atoms with Crippen molar-refractivity contribution in [3.63, 3.8) is 0 Å². The number of aromatic nitrogens is 3. The maximum absolute atomic E-state index is 13.3. The Kier molecular flexibility index (Phi) is 3.53. The summed E-state index contributed by atoms with van der Waals surface area (Å²) in [4.78, 5) is 0. The standard InChI is InChI=1S/C11H12FN3OS/c1-2-15-10(13-14-11(15)17)7-16-9-6-4-3-5-8(9)12/h3-6H,2,7H2,1H3,(H,14,17). The number of halogens is 1. The van der Waals surface area contributed by atoms with Gasteiger partial charge in [0, 0.05) is 6.54 Å². The maximum Gasteiger partial charge on any atom is 0.195 e. The smallest absolute Gasteiger partial charge is 0.195 e. The van der Waals surface area contributed by atoms with E-state index in [0.717, 1.165) is 0 Å². The molecule has 0 radical (unpaired) electrons. The van der Waals surface area contributed by atoms with Crippen molar-refractivity contribution in [2.24, 2.45) is 0 Å². The molecular weight excluding hydrogens is 241 g/mol. The van der Waals surface area contributed by atoms with Crippen LogP contribution in [0.15, 0.2) is 24.3 Å². The fourth-order valence-electron chi connectivity index (χ4n) is 1.49. The number of benzene rings is 1. The van der Waals surface area contributed by atoms with Gasteiger partial charge in [-0.15, -0.1) is 0 Å². The topological polar surface area (TPSA) is 42.8 Å². The van der Waals surface area contributed by atoms with Gasteiger partial charge in [0.2, 0.25) is 0 Å². The first-order valence-corrected chi connectivity index (χ1v) is 5.64. The van der Waals surface area contributed by atoms with Gasteiger partial charge in [-0.05, 0) is 31.3 Å². The third-order valence-electron chi connectivity index (χ3n) is 2.35. The molecule has 0 fully saturated rings. The third kappa shape index (κ3) is 2.52. The minimum Gasteiger partial charge on any atom is -0.483 e. The van der Waals surface area contributed by atoms with E-state index < -0.39 is 0 Å². The fourth-order valence-corrected chi connectivity index (χ4v) is 1.77.